The van der Waals surface area contributed by atoms with Gasteiger partial charge >= 0.3 is 12.1 Å². The van der Waals surface area contributed by atoms with Crippen molar-refractivity contribution < 1.29 is 33.8 Å². The number of carboxylic acids is 1. The van der Waals surface area contributed by atoms with E-state index in [-0.39, 0.29) is 18.5 Å². The van der Waals surface area contributed by atoms with Crippen molar-refractivity contribution in [1.82, 2.24) is 14.8 Å². The Hall–Kier alpha value is -2.69. The van der Waals surface area contributed by atoms with Crippen LogP contribution in [0.25, 0.3) is 0 Å². The summed E-state index contributed by atoms with van der Waals surface area (Å²) in [6.45, 7) is 8.30. The highest BCUT2D eigenvalue weighted by Gasteiger charge is 2.34. The molecule has 2 saturated heterocycles. The van der Waals surface area contributed by atoms with Gasteiger partial charge in [-0.15, -0.1) is 0 Å². The standard InChI is InChI=1S/C24H40N4O7/c1-16(29)19(22(32)33)15-28(25)21(31)18-6-5-11-27(14-18)20(30)8-7-17-9-12-26(13-10-17)23(34)35-24(2,3)4/h17-19H,5-15,25H2,1-4H3,(H,32,33)/t18-,19+/m1/s1. The van der Waals surface area contributed by atoms with Gasteiger partial charge in [0.25, 0.3) is 0 Å². The van der Waals surface area contributed by atoms with E-state index in [9.17, 15) is 24.0 Å². The Labute approximate surface area is 206 Å². The van der Waals surface area contributed by atoms with E-state index in [1.807, 2.05) is 20.8 Å². The molecule has 0 aliphatic carbocycles. The number of hydrogen-bond donors (Lipinski definition) is 2. The van der Waals surface area contributed by atoms with E-state index in [0.29, 0.717) is 44.8 Å². The molecule has 198 valence electrons. The third-order valence-electron chi connectivity index (χ3n) is 6.61. The van der Waals surface area contributed by atoms with Crippen molar-refractivity contribution in [2.45, 2.75) is 71.8 Å². The third-order valence-corrected chi connectivity index (χ3v) is 6.61. The van der Waals surface area contributed by atoms with E-state index in [0.717, 1.165) is 31.2 Å². The summed E-state index contributed by atoms with van der Waals surface area (Å²) in [7, 11) is 0. The molecule has 2 fully saturated rings. The summed E-state index contributed by atoms with van der Waals surface area (Å²) in [5.41, 5.74) is -0.527. The molecule has 2 atom stereocenters. The summed E-state index contributed by atoms with van der Waals surface area (Å²) in [5.74, 6) is 1.89. The predicted molar refractivity (Wildman–Crippen MR) is 127 cm³/mol. The molecule has 3 amide bonds. The molecule has 0 spiro atoms. The topological polar surface area (TPSA) is 151 Å². The molecule has 2 aliphatic heterocycles. The Morgan fingerprint density at radius 2 is 1.69 bits per heavy atom. The number of Topliss-reactive ketones (excluding diaryl/α,β-unsaturated/α-hetero) is 1. The summed E-state index contributed by atoms with van der Waals surface area (Å²) in [5, 5.41) is 9.96. The highest BCUT2D eigenvalue weighted by molar-refractivity contribution is 5.97. The summed E-state index contributed by atoms with van der Waals surface area (Å²) in [6, 6.07) is 0. The first-order chi connectivity index (χ1) is 16.3. The van der Waals surface area contributed by atoms with Gasteiger partial charge in [-0.1, -0.05) is 0 Å². The Bertz CT molecular complexity index is 788. The van der Waals surface area contributed by atoms with Crippen molar-refractivity contribution in [3.05, 3.63) is 0 Å². The number of likely N-dealkylation sites (tertiary alicyclic amines) is 2. The quantitative estimate of drug-likeness (QED) is 0.223. The number of carboxylic acid groups (broad SMARTS) is 1. The van der Waals surface area contributed by atoms with Crippen LogP contribution in [-0.2, 0) is 23.9 Å². The number of hydrogen-bond acceptors (Lipinski definition) is 7. The molecule has 0 saturated carbocycles. The van der Waals surface area contributed by atoms with Crippen molar-refractivity contribution in [3.63, 3.8) is 0 Å². The van der Waals surface area contributed by atoms with Crippen molar-refractivity contribution in [1.29, 1.82) is 0 Å². The largest absolute Gasteiger partial charge is 0.481 e. The minimum atomic E-state index is -1.37. The summed E-state index contributed by atoms with van der Waals surface area (Å²) >= 11 is 0. The van der Waals surface area contributed by atoms with Gasteiger partial charge in [0.05, 0.1) is 12.5 Å². The van der Waals surface area contributed by atoms with Crippen LogP contribution in [0.3, 0.4) is 0 Å². The van der Waals surface area contributed by atoms with Crippen LogP contribution in [0.2, 0.25) is 0 Å². The number of rotatable bonds is 8. The number of carbonyl (C=O) groups excluding carboxylic acids is 4. The Kier molecular flexibility index (Phi) is 10.1. The summed E-state index contributed by atoms with van der Waals surface area (Å²) in [6.07, 6.45) is 3.63. The van der Waals surface area contributed by atoms with E-state index >= 15 is 0 Å². The van der Waals surface area contributed by atoms with Gasteiger partial charge < -0.3 is 19.6 Å². The highest BCUT2D eigenvalue weighted by atomic mass is 16.6. The second kappa shape index (κ2) is 12.3. The van der Waals surface area contributed by atoms with Crippen LogP contribution in [0, 0.1) is 17.8 Å². The zero-order chi connectivity index (χ0) is 26.3. The van der Waals surface area contributed by atoms with Gasteiger partial charge in [-0.2, -0.15) is 0 Å². The molecule has 0 aromatic carbocycles. The smallest absolute Gasteiger partial charge is 0.410 e. The first-order valence-electron chi connectivity index (χ1n) is 12.3. The van der Waals surface area contributed by atoms with E-state index in [1.165, 1.54) is 0 Å². The number of piperidine rings is 2. The number of carbonyl (C=O) groups is 5. The van der Waals surface area contributed by atoms with Crippen LogP contribution in [0.5, 0.6) is 0 Å². The maximum atomic E-state index is 12.8. The number of nitrogens with zero attached hydrogens (tertiary/aromatic N) is 3. The van der Waals surface area contributed by atoms with Gasteiger partial charge in [-0.05, 0) is 65.7 Å². The number of amides is 3. The summed E-state index contributed by atoms with van der Waals surface area (Å²) in [4.78, 5) is 63.9. The lowest BCUT2D eigenvalue weighted by atomic mass is 9.91. The molecular formula is C24H40N4O7. The van der Waals surface area contributed by atoms with Gasteiger partial charge in [-0.3, -0.25) is 24.2 Å². The van der Waals surface area contributed by atoms with Crippen LogP contribution >= 0.6 is 0 Å². The lowest BCUT2D eigenvalue weighted by Gasteiger charge is -2.35. The molecule has 0 radical (unpaired) electrons. The van der Waals surface area contributed by atoms with Crippen LogP contribution in [-0.4, -0.2) is 87.9 Å². The average molecular weight is 497 g/mol. The van der Waals surface area contributed by atoms with Gasteiger partial charge in [-0.25, -0.2) is 10.6 Å². The SMILES string of the molecule is CC(=O)[C@H](CN(N)C(=O)[C@@H]1CCCN(C(=O)CCC2CCN(C(=O)OC(C)(C)C)CC2)C1)C(=O)O. The van der Waals surface area contributed by atoms with E-state index in [4.69, 9.17) is 15.7 Å². The number of ketones is 1. The van der Waals surface area contributed by atoms with Gasteiger partial charge in [0.15, 0.2) is 0 Å². The van der Waals surface area contributed by atoms with Crippen LogP contribution < -0.4 is 5.84 Å². The molecule has 11 nitrogen and oxygen atoms in total. The molecule has 2 aliphatic rings. The van der Waals surface area contributed by atoms with Crippen molar-refractivity contribution in [2.24, 2.45) is 23.6 Å². The zero-order valence-electron chi connectivity index (χ0n) is 21.3. The number of aliphatic carboxylic acids is 1. The second-order valence-corrected chi connectivity index (χ2v) is 10.6. The first kappa shape index (κ1) is 28.5. The second-order valence-electron chi connectivity index (χ2n) is 10.6. The summed E-state index contributed by atoms with van der Waals surface area (Å²) < 4.78 is 5.42. The van der Waals surface area contributed by atoms with E-state index in [2.05, 4.69) is 0 Å². The Morgan fingerprint density at radius 1 is 1.06 bits per heavy atom. The lowest BCUT2D eigenvalue weighted by molar-refractivity contribution is -0.148. The van der Waals surface area contributed by atoms with Gasteiger partial charge in [0, 0.05) is 32.6 Å². The molecular weight excluding hydrogens is 456 g/mol. The number of hydrazine groups is 1. The molecule has 0 aromatic rings. The van der Waals surface area contributed by atoms with Crippen LogP contribution in [0.1, 0.15) is 66.2 Å². The monoisotopic (exact) mass is 496 g/mol. The molecule has 3 N–H and O–H groups in total. The van der Waals surface area contributed by atoms with Crippen molar-refractivity contribution in [3.8, 4) is 0 Å². The third kappa shape index (κ3) is 8.79. The Balaban J connectivity index is 1.79. The van der Waals surface area contributed by atoms with Crippen LogP contribution in [0.15, 0.2) is 0 Å². The molecule has 2 heterocycles. The van der Waals surface area contributed by atoms with E-state index in [1.54, 1.807) is 9.80 Å². The average Bonchev–Trinajstić information content (AvgIpc) is 2.79. The maximum Gasteiger partial charge on any atom is 0.410 e. The van der Waals surface area contributed by atoms with Gasteiger partial charge in [0.1, 0.15) is 17.3 Å². The Morgan fingerprint density at radius 3 is 2.23 bits per heavy atom. The van der Waals surface area contributed by atoms with Crippen molar-refractivity contribution >= 4 is 29.7 Å². The zero-order valence-corrected chi connectivity index (χ0v) is 21.3. The fourth-order valence-electron chi connectivity index (χ4n) is 4.52. The molecule has 35 heavy (non-hydrogen) atoms. The molecule has 11 heteroatoms. The molecule has 0 unspecified atom stereocenters. The van der Waals surface area contributed by atoms with Crippen molar-refractivity contribution in [2.75, 3.05) is 32.7 Å². The lowest BCUT2D eigenvalue weighted by Crippen LogP contribution is -2.51. The van der Waals surface area contributed by atoms with Crippen LogP contribution in [0.4, 0.5) is 4.79 Å². The first-order valence-corrected chi connectivity index (χ1v) is 12.3. The maximum absolute atomic E-state index is 12.8. The number of nitrogens with two attached hydrogens (primary N) is 1. The van der Waals surface area contributed by atoms with Gasteiger partial charge in [0.2, 0.25) is 11.8 Å². The number of ether oxygens (including phenoxy) is 1. The van der Waals surface area contributed by atoms with E-state index < -0.39 is 41.6 Å². The highest BCUT2D eigenvalue weighted by Crippen LogP contribution is 2.25. The predicted octanol–water partition coefficient (Wildman–Crippen LogP) is 1.64. The fourth-order valence-corrected chi connectivity index (χ4v) is 4.52. The molecule has 0 bridgehead atoms. The molecule has 2 rings (SSSR count). The minimum absolute atomic E-state index is 0.0206. The fraction of sp³-hybridized carbons (Fsp3) is 0.792. The molecule has 0 aromatic heterocycles. The minimum Gasteiger partial charge on any atom is -0.481 e. The normalized spacial score (nSPS) is 20.2.